The Balaban J connectivity index is 2.40. The fourth-order valence-corrected chi connectivity index (χ4v) is 0.922. The lowest BCUT2D eigenvalue weighted by Gasteiger charge is -2.11. The quantitative estimate of drug-likeness (QED) is 0.761. The predicted octanol–water partition coefficient (Wildman–Crippen LogP) is 2.34. The van der Waals surface area contributed by atoms with E-state index in [1.807, 2.05) is 18.3 Å². The van der Waals surface area contributed by atoms with Crippen molar-refractivity contribution >= 4 is 0 Å². The first-order valence-electron chi connectivity index (χ1n) is 4.51. The van der Waals surface area contributed by atoms with E-state index in [-0.39, 0.29) is 0 Å². The molecule has 13 heavy (non-hydrogen) atoms. The van der Waals surface area contributed by atoms with Crippen LogP contribution < -0.4 is 5.32 Å². The standard InChI is InChI=1S/C11H16N2/c1-9(2)10(3)13-8-11-5-4-6-12-7-11/h4-7,9,13H,3,8H2,1-2H3. The van der Waals surface area contributed by atoms with Crippen LogP contribution in [0.1, 0.15) is 19.4 Å². The van der Waals surface area contributed by atoms with Gasteiger partial charge in [0.1, 0.15) is 0 Å². The summed E-state index contributed by atoms with van der Waals surface area (Å²) in [4.78, 5) is 4.04. The fourth-order valence-electron chi connectivity index (χ4n) is 0.922. The Morgan fingerprint density at radius 2 is 2.38 bits per heavy atom. The molecule has 1 rings (SSSR count). The molecule has 1 heterocycles. The molecule has 0 amide bonds. The van der Waals surface area contributed by atoms with Crippen LogP contribution in [0.2, 0.25) is 0 Å². The Kier molecular flexibility index (Phi) is 3.50. The van der Waals surface area contributed by atoms with Crippen LogP contribution in [-0.2, 0) is 6.54 Å². The molecule has 0 spiro atoms. The maximum atomic E-state index is 4.04. The number of rotatable bonds is 4. The topological polar surface area (TPSA) is 24.9 Å². The van der Waals surface area contributed by atoms with Crippen molar-refractivity contribution in [2.45, 2.75) is 20.4 Å². The molecule has 0 radical (unpaired) electrons. The van der Waals surface area contributed by atoms with Crippen LogP contribution in [0.4, 0.5) is 0 Å². The molecule has 0 unspecified atom stereocenters. The van der Waals surface area contributed by atoms with Crippen molar-refractivity contribution in [2.24, 2.45) is 5.92 Å². The number of allylic oxidation sites excluding steroid dienone is 1. The van der Waals surface area contributed by atoms with Crippen molar-refractivity contribution in [1.82, 2.24) is 10.3 Å². The molecule has 0 atom stereocenters. The highest BCUT2D eigenvalue weighted by atomic mass is 14.9. The Morgan fingerprint density at radius 3 is 2.92 bits per heavy atom. The molecule has 0 aromatic carbocycles. The fraction of sp³-hybridized carbons (Fsp3) is 0.364. The third kappa shape index (κ3) is 3.28. The van der Waals surface area contributed by atoms with Gasteiger partial charge in [-0.25, -0.2) is 0 Å². The van der Waals surface area contributed by atoms with Crippen molar-refractivity contribution in [1.29, 1.82) is 0 Å². The zero-order valence-electron chi connectivity index (χ0n) is 8.25. The molecule has 0 bridgehead atoms. The van der Waals surface area contributed by atoms with E-state index in [1.165, 1.54) is 5.56 Å². The van der Waals surface area contributed by atoms with Crippen molar-refractivity contribution < 1.29 is 0 Å². The van der Waals surface area contributed by atoms with E-state index < -0.39 is 0 Å². The van der Waals surface area contributed by atoms with E-state index in [0.29, 0.717) is 5.92 Å². The lowest BCUT2D eigenvalue weighted by Crippen LogP contribution is -2.15. The molecule has 0 saturated carbocycles. The van der Waals surface area contributed by atoms with Gasteiger partial charge in [-0.1, -0.05) is 26.5 Å². The first-order valence-corrected chi connectivity index (χ1v) is 4.51. The zero-order chi connectivity index (χ0) is 9.68. The third-order valence-electron chi connectivity index (χ3n) is 1.94. The van der Waals surface area contributed by atoms with Crippen LogP contribution in [0, 0.1) is 5.92 Å². The number of nitrogens with one attached hydrogen (secondary N) is 1. The third-order valence-corrected chi connectivity index (χ3v) is 1.94. The van der Waals surface area contributed by atoms with Gasteiger partial charge in [-0.2, -0.15) is 0 Å². The number of nitrogens with zero attached hydrogens (tertiary/aromatic N) is 1. The number of pyridine rings is 1. The highest BCUT2D eigenvalue weighted by molar-refractivity contribution is 5.09. The van der Waals surface area contributed by atoms with E-state index in [1.54, 1.807) is 6.20 Å². The smallest absolute Gasteiger partial charge is 0.0412 e. The molecule has 1 aromatic heterocycles. The largest absolute Gasteiger partial charge is 0.384 e. The van der Waals surface area contributed by atoms with E-state index in [4.69, 9.17) is 0 Å². The Morgan fingerprint density at radius 1 is 1.62 bits per heavy atom. The van der Waals surface area contributed by atoms with Gasteiger partial charge in [0.15, 0.2) is 0 Å². The minimum atomic E-state index is 0.483. The molecule has 0 aliphatic rings. The van der Waals surface area contributed by atoms with Gasteiger partial charge in [0.25, 0.3) is 0 Å². The van der Waals surface area contributed by atoms with Crippen LogP contribution in [0.25, 0.3) is 0 Å². The summed E-state index contributed by atoms with van der Waals surface area (Å²) in [6.07, 6.45) is 3.64. The van der Waals surface area contributed by atoms with Crippen molar-refractivity contribution in [3.63, 3.8) is 0 Å². The maximum Gasteiger partial charge on any atom is 0.0412 e. The summed E-state index contributed by atoms with van der Waals surface area (Å²) in [7, 11) is 0. The summed E-state index contributed by atoms with van der Waals surface area (Å²) in [6.45, 7) is 9.00. The molecule has 70 valence electrons. The van der Waals surface area contributed by atoms with E-state index >= 15 is 0 Å². The maximum absolute atomic E-state index is 4.04. The zero-order valence-corrected chi connectivity index (χ0v) is 8.25. The molecular weight excluding hydrogens is 160 g/mol. The minimum absolute atomic E-state index is 0.483. The van der Waals surface area contributed by atoms with Crippen LogP contribution >= 0.6 is 0 Å². The summed E-state index contributed by atoms with van der Waals surface area (Å²) in [5.41, 5.74) is 2.26. The first kappa shape index (κ1) is 9.78. The second kappa shape index (κ2) is 4.65. The van der Waals surface area contributed by atoms with Crippen LogP contribution in [0.15, 0.2) is 36.8 Å². The second-order valence-corrected chi connectivity index (χ2v) is 3.39. The summed E-state index contributed by atoms with van der Waals surface area (Å²) in [5.74, 6) is 0.483. The normalized spacial score (nSPS) is 10.1. The lowest BCUT2D eigenvalue weighted by molar-refractivity contribution is 0.655. The average molecular weight is 176 g/mol. The number of aromatic nitrogens is 1. The molecular formula is C11H16N2. The van der Waals surface area contributed by atoms with Gasteiger partial charge in [-0.15, -0.1) is 0 Å². The van der Waals surface area contributed by atoms with Gasteiger partial charge >= 0.3 is 0 Å². The summed E-state index contributed by atoms with van der Waals surface area (Å²) in [6, 6.07) is 3.99. The van der Waals surface area contributed by atoms with Crippen LogP contribution in [0.5, 0.6) is 0 Å². The molecule has 0 aliphatic carbocycles. The minimum Gasteiger partial charge on any atom is -0.384 e. The average Bonchev–Trinajstić information content (AvgIpc) is 2.15. The second-order valence-electron chi connectivity index (χ2n) is 3.39. The summed E-state index contributed by atoms with van der Waals surface area (Å²) >= 11 is 0. The van der Waals surface area contributed by atoms with E-state index in [0.717, 1.165) is 12.2 Å². The summed E-state index contributed by atoms with van der Waals surface area (Å²) in [5, 5.41) is 3.26. The Labute approximate surface area is 79.7 Å². The SMILES string of the molecule is C=C(NCc1cccnc1)C(C)C. The Bertz CT molecular complexity index is 265. The summed E-state index contributed by atoms with van der Waals surface area (Å²) < 4.78 is 0. The van der Waals surface area contributed by atoms with Crippen LogP contribution in [-0.4, -0.2) is 4.98 Å². The van der Waals surface area contributed by atoms with Gasteiger partial charge in [0.05, 0.1) is 0 Å². The highest BCUT2D eigenvalue weighted by Gasteiger charge is 1.98. The van der Waals surface area contributed by atoms with E-state index in [9.17, 15) is 0 Å². The van der Waals surface area contributed by atoms with Crippen molar-refractivity contribution in [3.05, 3.63) is 42.4 Å². The molecule has 2 nitrogen and oxygen atoms in total. The molecule has 2 heteroatoms. The molecule has 0 saturated heterocycles. The lowest BCUT2D eigenvalue weighted by atomic mass is 10.1. The van der Waals surface area contributed by atoms with E-state index in [2.05, 4.69) is 30.7 Å². The van der Waals surface area contributed by atoms with Gasteiger partial charge in [0.2, 0.25) is 0 Å². The van der Waals surface area contributed by atoms with Gasteiger partial charge in [-0.3, -0.25) is 4.98 Å². The van der Waals surface area contributed by atoms with Crippen molar-refractivity contribution in [3.8, 4) is 0 Å². The molecule has 0 aliphatic heterocycles. The number of hydrogen-bond acceptors (Lipinski definition) is 2. The van der Waals surface area contributed by atoms with Gasteiger partial charge < -0.3 is 5.32 Å². The Hall–Kier alpha value is -1.31. The monoisotopic (exact) mass is 176 g/mol. The number of hydrogen-bond donors (Lipinski definition) is 1. The molecule has 1 N–H and O–H groups in total. The molecule has 0 fully saturated rings. The van der Waals surface area contributed by atoms with Crippen molar-refractivity contribution in [2.75, 3.05) is 0 Å². The highest BCUT2D eigenvalue weighted by Crippen LogP contribution is 2.04. The first-order chi connectivity index (χ1) is 6.20. The predicted molar refractivity (Wildman–Crippen MR) is 55.1 cm³/mol. The molecule has 1 aromatic rings. The van der Waals surface area contributed by atoms with Gasteiger partial charge in [-0.05, 0) is 17.5 Å². The van der Waals surface area contributed by atoms with Crippen LogP contribution in [0.3, 0.4) is 0 Å². The van der Waals surface area contributed by atoms with Gasteiger partial charge in [0, 0.05) is 24.6 Å².